The molecule has 2 aromatic carbocycles. The van der Waals surface area contributed by atoms with E-state index in [0.29, 0.717) is 5.88 Å². The molecule has 0 bridgehead atoms. The molecule has 0 heterocycles. The molecule has 0 fully saturated rings. The lowest BCUT2D eigenvalue weighted by Crippen LogP contribution is -2.17. The Bertz CT molecular complexity index is 551. The van der Waals surface area contributed by atoms with Gasteiger partial charge in [0.05, 0.1) is 0 Å². The van der Waals surface area contributed by atoms with Crippen molar-refractivity contribution in [2.75, 3.05) is 11.9 Å². The molecular formula is C16H17BrClN. The molecule has 1 nitrogen and oxygen atoms in total. The van der Waals surface area contributed by atoms with Crippen molar-refractivity contribution in [3.05, 3.63) is 63.6 Å². The Labute approximate surface area is 128 Å². The summed E-state index contributed by atoms with van der Waals surface area (Å²) < 4.78 is 1.11. The summed E-state index contributed by atoms with van der Waals surface area (Å²) in [4.78, 5) is 2.24. The molecule has 0 amide bonds. The lowest BCUT2D eigenvalue weighted by atomic mass is 10.1. The molecule has 3 heteroatoms. The number of halogens is 2. The number of nitrogens with zero attached hydrogens (tertiary/aromatic N) is 1. The van der Waals surface area contributed by atoms with E-state index >= 15 is 0 Å². The Morgan fingerprint density at radius 2 is 1.79 bits per heavy atom. The van der Waals surface area contributed by atoms with E-state index in [1.54, 1.807) is 0 Å². The monoisotopic (exact) mass is 337 g/mol. The lowest BCUT2D eigenvalue weighted by molar-refractivity contribution is 0.915. The number of hydrogen-bond acceptors (Lipinski definition) is 1. The second-order valence-corrected chi connectivity index (χ2v) is 5.93. The van der Waals surface area contributed by atoms with E-state index in [1.165, 1.54) is 22.4 Å². The molecule has 0 aliphatic rings. The quantitative estimate of drug-likeness (QED) is 0.698. The summed E-state index contributed by atoms with van der Waals surface area (Å²) in [7, 11) is 2.10. The number of alkyl halides is 1. The van der Waals surface area contributed by atoms with E-state index in [4.69, 9.17) is 11.6 Å². The number of anilines is 1. The molecule has 2 rings (SSSR count). The van der Waals surface area contributed by atoms with Gasteiger partial charge in [-0.05, 0) is 36.2 Å². The minimum Gasteiger partial charge on any atom is -0.370 e. The van der Waals surface area contributed by atoms with Gasteiger partial charge in [0.1, 0.15) is 0 Å². The number of aryl methyl sites for hydroxylation is 1. The van der Waals surface area contributed by atoms with Gasteiger partial charge in [0.2, 0.25) is 0 Å². The van der Waals surface area contributed by atoms with Crippen LogP contribution in [0.2, 0.25) is 0 Å². The summed E-state index contributed by atoms with van der Waals surface area (Å²) in [6, 6.07) is 14.8. The van der Waals surface area contributed by atoms with Crippen molar-refractivity contribution in [3.63, 3.8) is 0 Å². The van der Waals surface area contributed by atoms with Gasteiger partial charge in [0, 0.05) is 29.6 Å². The van der Waals surface area contributed by atoms with Crippen LogP contribution in [0, 0.1) is 6.92 Å². The maximum absolute atomic E-state index is 6.04. The maximum Gasteiger partial charge on any atom is 0.0494 e. The van der Waals surface area contributed by atoms with Crippen LogP contribution in [-0.2, 0) is 12.4 Å². The highest BCUT2D eigenvalue weighted by atomic mass is 79.9. The standard InChI is InChI=1S/C16H17BrClN/c1-12-3-8-16(14(9-12)10-18)19(2)11-13-4-6-15(17)7-5-13/h3-9H,10-11H2,1-2H3. The summed E-state index contributed by atoms with van der Waals surface area (Å²) in [5.74, 6) is 0.543. The second kappa shape index (κ2) is 6.44. The SMILES string of the molecule is Cc1ccc(N(C)Cc2ccc(Br)cc2)c(CCl)c1. The van der Waals surface area contributed by atoms with Gasteiger partial charge in [0.15, 0.2) is 0 Å². The largest absolute Gasteiger partial charge is 0.370 e. The molecular weight excluding hydrogens is 322 g/mol. The van der Waals surface area contributed by atoms with E-state index in [1.807, 2.05) is 0 Å². The van der Waals surface area contributed by atoms with Gasteiger partial charge in [-0.25, -0.2) is 0 Å². The predicted octanol–water partition coefficient (Wildman–Crippen LogP) is 5.13. The molecule has 0 unspecified atom stereocenters. The third-order valence-electron chi connectivity index (χ3n) is 3.12. The highest BCUT2D eigenvalue weighted by Crippen LogP contribution is 2.24. The first-order chi connectivity index (χ1) is 9.10. The molecule has 0 spiro atoms. The zero-order chi connectivity index (χ0) is 13.8. The first kappa shape index (κ1) is 14.4. The van der Waals surface area contributed by atoms with Gasteiger partial charge < -0.3 is 4.90 Å². The number of benzene rings is 2. The van der Waals surface area contributed by atoms with Gasteiger partial charge in [0.25, 0.3) is 0 Å². The van der Waals surface area contributed by atoms with Crippen LogP contribution in [0.4, 0.5) is 5.69 Å². The van der Waals surface area contributed by atoms with E-state index in [-0.39, 0.29) is 0 Å². The zero-order valence-corrected chi connectivity index (χ0v) is 13.5. The summed E-state index contributed by atoms with van der Waals surface area (Å²) in [5.41, 5.74) is 4.91. The van der Waals surface area contributed by atoms with Crippen molar-refractivity contribution in [3.8, 4) is 0 Å². The van der Waals surface area contributed by atoms with Gasteiger partial charge in [-0.1, -0.05) is 45.8 Å². The van der Waals surface area contributed by atoms with Gasteiger partial charge >= 0.3 is 0 Å². The molecule has 0 aromatic heterocycles. The Kier molecular flexibility index (Phi) is 4.89. The summed E-state index contributed by atoms with van der Waals surface area (Å²) >= 11 is 9.50. The lowest BCUT2D eigenvalue weighted by Gasteiger charge is -2.22. The summed E-state index contributed by atoms with van der Waals surface area (Å²) in [6.07, 6.45) is 0. The van der Waals surface area contributed by atoms with Gasteiger partial charge in [-0.15, -0.1) is 11.6 Å². The molecule has 0 saturated heterocycles. The third-order valence-corrected chi connectivity index (χ3v) is 3.94. The molecule has 2 aromatic rings. The molecule has 0 aliphatic carbocycles. The number of rotatable bonds is 4. The average Bonchev–Trinajstić information content (AvgIpc) is 2.41. The Hall–Kier alpha value is -0.990. The van der Waals surface area contributed by atoms with Crippen molar-refractivity contribution in [2.24, 2.45) is 0 Å². The van der Waals surface area contributed by atoms with E-state index in [0.717, 1.165) is 11.0 Å². The Morgan fingerprint density at radius 1 is 1.11 bits per heavy atom. The fourth-order valence-electron chi connectivity index (χ4n) is 2.14. The fourth-order valence-corrected chi connectivity index (χ4v) is 2.62. The van der Waals surface area contributed by atoms with Gasteiger partial charge in [-0.3, -0.25) is 0 Å². The van der Waals surface area contributed by atoms with Crippen molar-refractivity contribution >= 4 is 33.2 Å². The van der Waals surface area contributed by atoms with Crippen LogP contribution < -0.4 is 4.90 Å². The van der Waals surface area contributed by atoms with E-state index in [2.05, 4.69) is 77.3 Å². The van der Waals surface area contributed by atoms with Crippen molar-refractivity contribution in [1.29, 1.82) is 0 Å². The van der Waals surface area contributed by atoms with Gasteiger partial charge in [-0.2, -0.15) is 0 Å². The first-order valence-corrected chi connectivity index (χ1v) is 7.54. The molecule has 0 aliphatic heterocycles. The third kappa shape index (κ3) is 3.74. The first-order valence-electron chi connectivity index (χ1n) is 6.21. The van der Waals surface area contributed by atoms with Crippen LogP contribution in [0.15, 0.2) is 46.9 Å². The van der Waals surface area contributed by atoms with Crippen LogP contribution in [0.3, 0.4) is 0 Å². The molecule has 19 heavy (non-hydrogen) atoms. The minimum absolute atomic E-state index is 0.543. The van der Waals surface area contributed by atoms with E-state index < -0.39 is 0 Å². The minimum atomic E-state index is 0.543. The molecule has 0 N–H and O–H groups in total. The summed E-state index contributed by atoms with van der Waals surface area (Å²) in [5, 5.41) is 0. The van der Waals surface area contributed by atoms with Crippen molar-refractivity contribution in [1.82, 2.24) is 0 Å². The smallest absolute Gasteiger partial charge is 0.0494 e. The normalized spacial score (nSPS) is 10.5. The molecule has 0 saturated carbocycles. The fraction of sp³-hybridized carbons (Fsp3) is 0.250. The van der Waals surface area contributed by atoms with Crippen LogP contribution >= 0.6 is 27.5 Å². The highest BCUT2D eigenvalue weighted by Gasteiger charge is 2.07. The molecule has 0 radical (unpaired) electrons. The second-order valence-electron chi connectivity index (χ2n) is 4.75. The summed E-state index contributed by atoms with van der Waals surface area (Å²) in [6.45, 7) is 2.97. The maximum atomic E-state index is 6.04. The molecule has 0 atom stereocenters. The van der Waals surface area contributed by atoms with Crippen LogP contribution in [-0.4, -0.2) is 7.05 Å². The topological polar surface area (TPSA) is 3.24 Å². The van der Waals surface area contributed by atoms with Crippen LogP contribution in [0.5, 0.6) is 0 Å². The zero-order valence-electron chi connectivity index (χ0n) is 11.2. The Morgan fingerprint density at radius 3 is 2.42 bits per heavy atom. The molecule has 100 valence electrons. The number of hydrogen-bond donors (Lipinski definition) is 0. The average molecular weight is 339 g/mol. The highest BCUT2D eigenvalue weighted by molar-refractivity contribution is 9.10. The predicted molar refractivity (Wildman–Crippen MR) is 87.0 cm³/mol. The van der Waals surface area contributed by atoms with Crippen molar-refractivity contribution < 1.29 is 0 Å². The van der Waals surface area contributed by atoms with E-state index in [9.17, 15) is 0 Å². The van der Waals surface area contributed by atoms with Crippen LogP contribution in [0.1, 0.15) is 16.7 Å². The van der Waals surface area contributed by atoms with Crippen LogP contribution in [0.25, 0.3) is 0 Å². The van der Waals surface area contributed by atoms with Crippen molar-refractivity contribution in [2.45, 2.75) is 19.3 Å². The Balaban J connectivity index is 2.19.